The van der Waals surface area contributed by atoms with Gasteiger partial charge >= 0.3 is 7.82 Å². The summed E-state index contributed by atoms with van der Waals surface area (Å²) in [5, 5.41) is 14.0. The molecule has 0 bridgehead atoms. The molecule has 0 fully saturated rings. The number of phosphoric acid groups is 1. The molecule has 0 aromatic heterocycles. The van der Waals surface area contributed by atoms with Gasteiger partial charge in [0.05, 0.1) is 39.9 Å². The summed E-state index contributed by atoms with van der Waals surface area (Å²) in [5.41, 5.74) is 0. The van der Waals surface area contributed by atoms with E-state index in [2.05, 4.69) is 55.6 Å². The second-order valence-electron chi connectivity index (χ2n) is 23.5. The van der Waals surface area contributed by atoms with Gasteiger partial charge in [0, 0.05) is 6.42 Å². The molecule has 0 saturated carbocycles. The van der Waals surface area contributed by atoms with Crippen molar-refractivity contribution in [2.75, 3.05) is 40.9 Å². The van der Waals surface area contributed by atoms with Gasteiger partial charge in [0.25, 0.3) is 0 Å². The molecule has 1 amide bonds. The number of quaternary nitrogens is 1. The molecule has 0 spiro atoms. The molecule has 0 aliphatic carbocycles. The van der Waals surface area contributed by atoms with Gasteiger partial charge in [-0.15, -0.1) is 0 Å². The van der Waals surface area contributed by atoms with Crippen molar-refractivity contribution in [2.24, 2.45) is 0 Å². The summed E-state index contributed by atoms with van der Waals surface area (Å²) in [5.74, 6) is -0.174. The summed E-state index contributed by atoms with van der Waals surface area (Å²) < 4.78 is 23.8. The number of rotatable bonds is 60. The van der Waals surface area contributed by atoms with E-state index in [0.29, 0.717) is 17.4 Å². The van der Waals surface area contributed by atoms with Gasteiger partial charge in [-0.3, -0.25) is 13.8 Å². The van der Waals surface area contributed by atoms with E-state index < -0.39 is 20.0 Å². The summed E-state index contributed by atoms with van der Waals surface area (Å²) in [6.07, 6.45) is 76.6. The number of nitrogens with one attached hydrogen (secondary N) is 1. The average molecular weight is 1080 g/mol. The lowest BCUT2D eigenvalue weighted by molar-refractivity contribution is -0.870. The first kappa shape index (κ1) is 73.5. The molecule has 3 unspecified atom stereocenters. The van der Waals surface area contributed by atoms with Gasteiger partial charge in [-0.2, -0.15) is 0 Å². The molecule has 75 heavy (non-hydrogen) atoms. The third-order valence-corrected chi connectivity index (χ3v) is 15.8. The molecule has 442 valence electrons. The fourth-order valence-corrected chi connectivity index (χ4v) is 10.4. The number of unbranched alkanes of at least 4 members (excludes halogenated alkanes) is 41. The van der Waals surface area contributed by atoms with Crippen LogP contribution in [0.1, 0.15) is 316 Å². The van der Waals surface area contributed by atoms with E-state index >= 15 is 0 Å². The van der Waals surface area contributed by atoms with Crippen molar-refractivity contribution in [2.45, 2.75) is 328 Å². The van der Waals surface area contributed by atoms with E-state index in [-0.39, 0.29) is 19.1 Å². The van der Waals surface area contributed by atoms with Gasteiger partial charge < -0.3 is 19.8 Å². The Morgan fingerprint density at radius 2 is 0.760 bits per heavy atom. The smallest absolute Gasteiger partial charge is 0.387 e. The predicted molar refractivity (Wildman–Crippen MR) is 327 cm³/mol. The molecule has 0 saturated heterocycles. The summed E-state index contributed by atoms with van der Waals surface area (Å²) in [4.78, 5) is 23.4. The number of likely N-dealkylation sites (N-methyl/N-ethyl adjacent to an activating group) is 1. The topological polar surface area (TPSA) is 105 Å². The number of amides is 1. The Hall–Kier alpha value is -1.54. The van der Waals surface area contributed by atoms with E-state index in [0.717, 1.165) is 51.4 Å². The number of nitrogens with zero attached hydrogens (tertiary/aromatic N) is 1. The van der Waals surface area contributed by atoms with Crippen LogP contribution in [0.4, 0.5) is 0 Å². The molecular weight excluding hydrogens is 948 g/mol. The van der Waals surface area contributed by atoms with Crippen LogP contribution in [0.2, 0.25) is 0 Å². The van der Waals surface area contributed by atoms with Crippen LogP contribution in [0.25, 0.3) is 0 Å². The molecule has 0 heterocycles. The maximum absolute atomic E-state index is 13.0. The average Bonchev–Trinajstić information content (AvgIpc) is 3.37. The molecular formula is C66H128N2O6P+. The Kier molecular flexibility index (Phi) is 56.0. The molecule has 3 N–H and O–H groups in total. The molecule has 0 aromatic rings. The van der Waals surface area contributed by atoms with Crippen molar-refractivity contribution in [3.8, 4) is 0 Å². The zero-order valence-electron chi connectivity index (χ0n) is 50.6. The van der Waals surface area contributed by atoms with Gasteiger partial charge in [0.2, 0.25) is 5.91 Å². The molecule has 8 nitrogen and oxygen atoms in total. The van der Waals surface area contributed by atoms with Gasteiger partial charge in [0.1, 0.15) is 13.2 Å². The van der Waals surface area contributed by atoms with Crippen LogP contribution in [-0.4, -0.2) is 73.4 Å². The number of hydrogen-bond donors (Lipinski definition) is 3. The van der Waals surface area contributed by atoms with E-state index in [4.69, 9.17) is 9.05 Å². The lowest BCUT2D eigenvalue weighted by atomic mass is 10.0. The van der Waals surface area contributed by atoms with Crippen molar-refractivity contribution in [3.05, 3.63) is 48.6 Å². The third-order valence-electron chi connectivity index (χ3n) is 14.8. The van der Waals surface area contributed by atoms with Crippen molar-refractivity contribution in [1.82, 2.24) is 5.32 Å². The van der Waals surface area contributed by atoms with Crippen molar-refractivity contribution in [3.63, 3.8) is 0 Å². The fourth-order valence-electron chi connectivity index (χ4n) is 9.70. The Morgan fingerprint density at radius 1 is 0.453 bits per heavy atom. The van der Waals surface area contributed by atoms with Gasteiger partial charge in [-0.05, 0) is 57.8 Å². The standard InChI is InChI=1S/C66H127N2O6P/c1-6-8-10-12-14-16-18-20-22-24-26-28-30-32-33-34-35-36-38-40-42-44-46-48-50-52-54-56-58-60-66(70)67-64(63-74-75(71,72)73-62-61-68(3,4)5)65(69)59-57-55-53-51-49-47-45-43-41-39-37-31-29-27-25-23-21-19-17-15-13-11-9-7-2/h18,20,24,26,30,32,57,59,64-65,69H,6-17,19,21-23,25,27-29,31,33-56,58,60-63H2,1-5H3,(H-,67,70,71,72)/p+1/b20-18-,26-24-,32-30-,59-57+. The highest BCUT2D eigenvalue weighted by Crippen LogP contribution is 2.43. The fraction of sp³-hybridized carbons (Fsp3) is 0.864. The molecule has 9 heteroatoms. The highest BCUT2D eigenvalue weighted by Gasteiger charge is 2.28. The zero-order chi connectivity index (χ0) is 54.9. The van der Waals surface area contributed by atoms with Crippen molar-refractivity contribution in [1.29, 1.82) is 0 Å². The first-order valence-electron chi connectivity index (χ1n) is 32.5. The quantitative estimate of drug-likeness (QED) is 0.0243. The summed E-state index contributed by atoms with van der Waals surface area (Å²) >= 11 is 0. The number of carbonyl (C=O) groups excluding carboxylic acids is 1. The minimum atomic E-state index is -4.35. The maximum atomic E-state index is 13.0. The molecule has 3 atom stereocenters. The van der Waals surface area contributed by atoms with Crippen LogP contribution in [0.5, 0.6) is 0 Å². The first-order valence-corrected chi connectivity index (χ1v) is 34.0. The van der Waals surface area contributed by atoms with Crippen LogP contribution in [0, 0.1) is 0 Å². The molecule has 0 radical (unpaired) electrons. The number of carbonyl (C=O) groups is 1. The van der Waals surface area contributed by atoms with Gasteiger partial charge in [-0.1, -0.05) is 300 Å². The summed E-state index contributed by atoms with van der Waals surface area (Å²) in [6.45, 7) is 4.85. The second-order valence-corrected chi connectivity index (χ2v) is 24.9. The number of allylic oxidation sites excluding steroid dienone is 7. The van der Waals surface area contributed by atoms with Crippen molar-refractivity contribution >= 4 is 13.7 Å². The van der Waals surface area contributed by atoms with Crippen LogP contribution < -0.4 is 5.32 Å². The van der Waals surface area contributed by atoms with Gasteiger partial charge in [0.15, 0.2) is 0 Å². The third kappa shape index (κ3) is 60.0. The molecule has 0 aliphatic heterocycles. The highest BCUT2D eigenvalue weighted by atomic mass is 31.2. The lowest BCUT2D eigenvalue weighted by Crippen LogP contribution is -2.45. The number of aliphatic hydroxyl groups is 1. The Bertz CT molecular complexity index is 1360. The van der Waals surface area contributed by atoms with E-state index in [1.165, 1.54) is 244 Å². The van der Waals surface area contributed by atoms with E-state index in [1.807, 2.05) is 27.2 Å². The van der Waals surface area contributed by atoms with Crippen LogP contribution >= 0.6 is 7.82 Å². The number of aliphatic hydroxyl groups excluding tert-OH is 1. The summed E-state index contributed by atoms with van der Waals surface area (Å²) in [7, 11) is 1.58. The Balaban J connectivity index is 4.12. The van der Waals surface area contributed by atoms with Crippen LogP contribution in [0.3, 0.4) is 0 Å². The zero-order valence-corrected chi connectivity index (χ0v) is 51.4. The first-order chi connectivity index (χ1) is 36.5. The minimum Gasteiger partial charge on any atom is -0.387 e. The predicted octanol–water partition coefficient (Wildman–Crippen LogP) is 20.3. The van der Waals surface area contributed by atoms with Gasteiger partial charge in [-0.25, -0.2) is 4.57 Å². The largest absolute Gasteiger partial charge is 0.472 e. The van der Waals surface area contributed by atoms with Crippen LogP contribution in [-0.2, 0) is 18.4 Å². The second kappa shape index (κ2) is 57.2. The monoisotopic (exact) mass is 1080 g/mol. The van der Waals surface area contributed by atoms with E-state index in [9.17, 15) is 19.4 Å². The number of hydrogen-bond acceptors (Lipinski definition) is 5. The molecule has 0 rings (SSSR count). The summed E-state index contributed by atoms with van der Waals surface area (Å²) in [6, 6.07) is -0.849. The maximum Gasteiger partial charge on any atom is 0.472 e. The minimum absolute atomic E-state index is 0.0617. The normalized spacial score (nSPS) is 14.1. The number of phosphoric ester groups is 1. The van der Waals surface area contributed by atoms with Crippen molar-refractivity contribution < 1.29 is 32.9 Å². The SMILES string of the molecule is CCCCCCC/C=C\C/C=C\C/C=C\CCCCCCCCCCCCCCCCC(=O)NC(COP(=O)(O)OCC[N+](C)(C)C)C(O)/C=C/CCCCCCCCCCCCCCCCCCCCCCCC. The van der Waals surface area contributed by atoms with Crippen LogP contribution in [0.15, 0.2) is 48.6 Å². The Labute approximate surface area is 467 Å². The molecule has 0 aliphatic rings. The lowest BCUT2D eigenvalue weighted by Gasteiger charge is -2.25. The Morgan fingerprint density at radius 3 is 1.11 bits per heavy atom. The highest BCUT2D eigenvalue weighted by molar-refractivity contribution is 7.47. The molecule has 0 aromatic carbocycles. The van der Waals surface area contributed by atoms with E-state index in [1.54, 1.807) is 6.08 Å².